The molecule has 0 aromatic carbocycles. The molecule has 1 aliphatic carbocycles. The summed E-state index contributed by atoms with van der Waals surface area (Å²) in [7, 11) is 0. The summed E-state index contributed by atoms with van der Waals surface area (Å²) in [5.41, 5.74) is 0.474. The molecule has 1 unspecified atom stereocenters. The van der Waals surface area contributed by atoms with Crippen LogP contribution < -0.4 is 10.6 Å². The van der Waals surface area contributed by atoms with Crippen molar-refractivity contribution in [3.8, 4) is 0 Å². The third kappa shape index (κ3) is 2.08. The zero-order chi connectivity index (χ0) is 10.0. The van der Waals surface area contributed by atoms with Crippen LogP contribution in [0.5, 0.6) is 0 Å². The van der Waals surface area contributed by atoms with Crippen molar-refractivity contribution in [2.24, 2.45) is 11.3 Å². The van der Waals surface area contributed by atoms with Crippen LogP contribution in [0.1, 0.15) is 32.6 Å². The molecule has 0 bridgehead atoms. The van der Waals surface area contributed by atoms with Gasteiger partial charge in [0.1, 0.15) is 0 Å². The molecule has 2 aliphatic rings. The Morgan fingerprint density at radius 2 is 2.36 bits per heavy atom. The van der Waals surface area contributed by atoms with E-state index in [9.17, 15) is 4.79 Å². The molecule has 0 aromatic heterocycles. The summed E-state index contributed by atoms with van der Waals surface area (Å²) in [4.78, 5) is 11.7. The smallest absolute Gasteiger partial charge is 0.224 e. The molecule has 14 heavy (non-hydrogen) atoms. The fraction of sp³-hybridized carbons (Fsp3) is 0.909. The summed E-state index contributed by atoms with van der Waals surface area (Å²) in [6.45, 7) is 4.98. The summed E-state index contributed by atoms with van der Waals surface area (Å²) < 4.78 is 0. The molecule has 0 spiro atoms. The minimum Gasteiger partial charge on any atom is -0.355 e. The van der Waals surface area contributed by atoms with Crippen LogP contribution in [0, 0.1) is 11.3 Å². The molecule has 0 aromatic rings. The first-order chi connectivity index (χ1) is 6.76. The van der Waals surface area contributed by atoms with Crippen LogP contribution in [0.25, 0.3) is 0 Å². The number of carbonyl (C=O) groups excluding carboxylic acids is 1. The fourth-order valence-corrected chi connectivity index (χ4v) is 2.13. The van der Waals surface area contributed by atoms with Crippen molar-refractivity contribution in [1.82, 2.24) is 10.6 Å². The van der Waals surface area contributed by atoms with Gasteiger partial charge in [-0.15, -0.1) is 0 Å². The molecule has 1 atom stereocenters. The predicted molar refractivity (Wildman–Crippen MR) is 55.9 cm³/mol. The first kappa shape index (κ1) is 9.97. The Bertz CT molecular complexity index is 217. The van der Waals surface area contributed by atoms with E-state index in [1.807, 2.05) is 0 Å². The van der Waals surface area contributed by atoms with E-state index in [1.165, 1.54) is 19.3 Å². The second-order valence-electron chi connectivity index (χ2n) is 4.76. The monoisotopic (exact) mass is 196 g/mol. The number of nitrogens with one attached hydrogen (secondary N) is 2. The first-order valence-corrected chi connectivity index (χ1v) is 5.74. The van der Waals surface area contributed by atoms with Gasteiger partial charge in [0.25, 0.3) is 0 Å². The molecule has 1 heterocycles. The maximum atomic E-state index is 11.7. The van der Waals surface area contributed by atoms with E-state index in [0.29, 0.717) is 5.41 Å². The van der Waals surface area contributed by atoms with Gasteiger partial charge in [-0.05, 0) is 37.6 Å². The lowest BCUT2D eigenvalue weighted by molar-refractivity contribution is -0.124. The van der Waals surface area contributed by atoms with Crippen molar-refractivity contribution >= 4 is 5.91 Å². The van der Waals surface area contributed by atoms with Crippen LogP contribution in [0.4, 0.5) is 0 Å². The Labute approximate surface area is 85.6 Å². The van der Waals surface area contributed by atoms with E-state index >= 15 is 0 Å². The van der Waals surface area contributed by atoms with Crippen LogP contribution in [-0.4, -0.2) is 25.5 Å². The predicted octanol–water partition coefficient (Wildman–Crippen LogP) is 0.902. The summed E-state index contributed by atoms with van der Waals surface area (Å²) in [5, 5.41) is 6.32. The van der Waals surface area contributed by atoms with Gasteiger partial charge in [0.2, 0.25) is 5.91 Å². The second kappa shape index (κ2) is 3.89. The van der Waals surface area contributed by atoms with Crippen LogP contribution >= 0.6 is 0 Å². The minimum absolute atomic E-state index is 0.225. The van der Waals surface area contributed by atoms with Crippen molar-refractivity contribution in [2.45, 2.75) is 32.6 Å². The molecular weight excluding hydrogens is 176 g/mol. The van der Waals surface area contributed by atoms with E-state index in [2.05, 4.69) is 17.6 Å². The molecule has 2 rings (SSSR count). The molecule has 2 N–H and O–H groups in total. The maximum Gasteiger partial charge on any atom is 0.224 e. The number of rotatable bonds is 4. The van der Waals surface area contributed by atoms with Gasteiger partial charge >= 0.3 is 0 Å². The van der Waals surface area contributed by atoms with E-state index in [-0.39, 0.29) is 11.8 Å². The molecule has 1 saturated heterocycles. The maximum absolute atomic E-state index is 11.7. The van der Waals surface area contributed by atoms with Crippen molar-refractivity contribution in [3.63, 3.8) is 0 Å². The molecule has 1 amide bonds. The highest BCUT2D eigenvalue weighted by molar-refractivity contribution is 5.79. The Balaban J connectivity index is 1.72. The van der Waals surface area contributed by atoms with Crippen molar-refractivity contribution < 1.29 is 4.79 Å². The van der Waals surface area contributed by atoms with E-state index in [1.54, 1.807) is 0 Å². The average Bonchev–Trinajstić information content (AvgIpc) is 2.78. The Kier molecular flexibility index (Phi) is 2.77. The van der Waals surface area contributed by atoms with Gasteiger partial charge < -0.3 is 10.6 Å². The van der Waals surface area contributed by atoms with Crippen LogP contribution in [0.3, 0.4) is 0 Å². The van der Waals surface area contributed by atoms with Gasteiger partial charge in [-0.2, -0.15) is 0 Å². The largest absolute Gasteiger partial charge is 0.355 e. The topological polar surface area (TPSA) is 41.1 Å². The normalized spacial score (nSPS) is 28.8. The molecule has 1 saturated carbocycles. The summed E-state index contributed by atoms with van der Waals surface area (Å²) in [5.74, 6) is 0.484. The van der Waals surface area contributed by atoms with Gasteiger partial charge in [0.15, 0.2) is 0 Å². The van der Waals surface area contributed by atoms with Crippen molar-refractivity contribution in [1.29, 1.82) is 0 Å². The quantitative estimate of drug-likeness (QED) is 0.701. The van der Waals surface area contributed by atoms with E-state index < -0.39 is 0 Å². The lowest BCUT2D eigenvalue weighted by Crippen LogP contribution is -2.35. The molecule has 2 fully saturated rings. The van der Waals surface area contributed by atoms with Crippen LogP contribution in [-0.2, 0) is 4.79 Å². The van der Waals surface area contributed by atoms with Gasteiger partial charge in [-0.3, -0.25) is 4.79 Å². The highest BCUT2D eigenvalue weighted by Crippen LogP contribution is 2.47. The number of hydrogen-bond donors (Lipinski definition) is 2. The van der Waals surface area contributed by atoms with Gasteiger partial charge in [-0.25, -0.2) is 0 Å². The van der Waals surface area contributed by atoms with E-state index in [0.717, 1.165) is 26.1 Å². The zero-order valence-electron chi connectivity index (χ0n) is 8.94. The third-order valence-electron chi connectivity index (χ3n) is 3.78. The molecule has 3 heteroatoms. The van der Waals surface area contributed by atoms with Crippen molar-refractivity contribution in [2.75, 3.05) is 19.6 Å². The molecule has 0 radical (unpaired) electrons. The molecule has 80 valence electrons. The number of amides is 1. The average molecular weight is 196 g/mol. The van der Waals surface area contributed by atoms with Crippen LogP contribution in [0.2, 0.25) is 0 Å². The van der Waals surface area contributed by atoms with E-state index in [4.69, 9.17) is 0 Å². The third-order valence-corrected chi connectivity index (χ3v) is 3.78. The Morgan fingerprint density at radius 3 is 2.86 bits per heavy atom. The van der Waals surface area contributed by atoms with Gasteiger partial charge in [-0.1, -0.05) is 6.92 Å². The minimum atomic E-state index is 0.225. The van der Waals surface area contributed by atoms with Gasteiger partial charge in [0, 0.05) is 13.1 Å². The number of hydrogen-bond acceptors (Lipinski definition) is 2. The lowest BCUT2D eigenvalue weighted by atomic mass is 10.0. The highest BCUT2D eigenvalue weighted by Gasteiger charge is 2.41. The Hall–Kier alpha value is -0.570. The van der Waals surface area contributed by atoms with Crippen molar-refractivity contribution in [3.05, 3.63) is 0 Å². The second-order valence-corrected chi connectivity index (χ2v) is 4.76. The SMILES string of the molecule is CCC1(CNC(=O)C2CCNC2)CC1. The summed E-state index contributed by atoms with van der Waals surface area (Å²) >= 11 is 0. The zero-order valence-corrected chi connectivity index (χ0v) is 8.94. The van der Waals surface area contributed by atoms with Gasteiger partial charge in [0.05, 0.1) is 5.92 Å². The lowest BCUT2D eigenvalue weighted by Gasteiger charge is -2.15. The first-order valence-electron chi connectivity index (χ1n) is 5.74. The standard InChI is InChI=1S/C11H20N2O/c1-2-11(4-5-11)8-13-10(14)9-3-6-12-7-9/h9,12H,2-8H2,1H3,(H,13,14). The highest BCUT2D eigenvalue weighted by atomic mass is 16.1. The van der Waals surface area contributed by atoms with Crippen LogP contribution in [0.15, 0.2) is 0 Å². The Morgan fingerprint density at radius 1 is 1.57 bits per heavy atom. The molecule has 3 nitrogen and oxygen atoms in total. The summed E-state index contributed by atoms with van der Waals surface area (Å²) in [6, 6.07) is 0. The summed E-state index contributed by atoms with van der Waals surface area (Å²) in [6.07, 6.45) is 4.81. The molecule has 1 aliphatic heterocycles. The molecular formula is C11H20N2O. The number of carbonyl (C=O) groups is 1. The fourth-order valence-electron chi connectivity index (χ4n) is 2.13.